The number of hydrogen-bond acceptors (Lipinski definition) is 4. The molecule has 12 aromatic rings. The summed E-state index contributed by atoms with van der Waals surface area (Å²) in [6.07, 6.45) is 0. The van der Waals surface area contributed by atoms with E-state index < -0.39 is 0 Å². The van der Waals surface area contributed by atoms with Gasteiger partial charge in [-0.3, -0.25) is 4.57 Å². The highest BCUT2D eigenvalue weighted by molar-refractivity contribution is 6.17. The minimum Gasteiger partial charge on any atom is -0.456 e. The van der Waals surface area contributed by atoms with Gasteiger partial charge in [-0.15, -0.1) is 0 Å². The van der Waals surface area contributed by atoms with Crippen LogP contribution in [0, 0.1) is 0 Å². The first-order valence-corrected chi connectivity index (χ1v) is 19.1. The molecule has 57 heavy (non-hydrogen) atoms. The zero-order chi connectivity index (χ0) is 37.5. The molecule has 0 bridgehead atoms. The summed E-state index contributed by atoms with van der Waals surface area (Å²) in [6, 6.07) is 65.5. The van der Waals surface area contributed by atoms with E-state index in [1.807, 2.05) is 6.07 Å². The average molecular weight is 730 g/mol. The van der Waals surface area contributed by atoms with Crippen LogP contribution in [0.15, 0.2) is 192 Å². The predicted octanol–water partition coefficient (Wildman–Crippen LogP) is 13.0. The van der Waals surface area contributed by atoms with Gasteiger partial charge in [0.25, 0.3) is 0 Å². The first-order valence-electron chi connectivity index (χ1n) is 19.1. The Balaban J connectivity index is 1.05. The first kappa shape index (κ1) is 31.5. The molecular weight excluding hydrogens is 699 g/mol. The van der Waals surface area contributed by atoms with Crippen LogP contribution in [0.2, 0.25) is 0 Å². The van der Waals surface area contributed by atoms with Crippen LogP contribution in [-0.2, 0) is 0 Å². The standard InChI is InChI=1S/C51H31N5O/c1-3-13-32(14-4-1)33-23-25-34(26-24-33)49-52-50(54-51(53-49)56-44-21-11-7-17-37(44)38-18-8-12-22-45(38)56)35-27-28-40-42-30-41-39-19-9-10-20-43(39)55(36-15-5-2-6-16-36)46(41)31-48(42)57-47(40)29-35/h1-31H. The smallest absolute Gasteiger partial charge is 0.238 e. The normalized spacial score (nSPS) is 11.9. The number of benzene rings is 8. The van der Waals surface area contributed by atoms with E-state index in [9.17, 15) is 0 Å². The van der Waals surface area contributed by atoms with Crippen LogP contribution in [0.4, 0.5) is 0 Å². The molecule has 0 radical (unpaired) electrons. The summed E-state index contributed by atoms with van der Waals surface area (Å²) >= 11 is 0. The van der Waals surface area contributed by atoms with Crippen molar-refractivity contribution >= 4 is 65.6 Å². The van der Waals surface area contributed by atoms with Crippen LogP contribution in [0.1, 0.15) is 0 Å². The van der Waals surface area contributed by atoms with Gasteiger partial charge in [-0.1, -0.05) is 133 Å². The summed E-state index contributed by atoms with van der Waals surface area (Å²) in [5.74, 6) is 1.72. The van der Waals surface area contributed by atoms with Gasteiger partial charge in [0.05, 0.1) is 22.1 Å². The molecule has 0 saturated carbocycles. The summed E-state index contributed by atoms with van der Waals surface area (Å²) in [6.45, 7) is 0. The van der Waals surface area contributed by atoms with E-state index >= 15 is 0 Å². The van der Waals surface area contributed by atoms with Crippen molar-refractivity contribution in [3.8, 4) is 45.5 Å². The van der Waals surface area contributed by atoms with Gasteiger partial charge in [0.15, 0.2) is 11.6 Å². The molecule has 6 heteroatoms. The van der Waals surface area contributed by atoms with Crippen molar-refractivity contribution in [1.29, 1.82) is 0 Å². The summed E-state index contributed by atoms with van der Waals surface area (Å²) in [5, 5.41) is 6.79. The molecule has 0 atom stereocenters. The van der Waals surface area contributed by atoms with Gasteiger partial charge < -0.3 is 8.98 Å². The van der Waals surface area contributed by atoms with Crippen LogP contribution < -0.4 is 0 Å². The molecule has 266 valence electrons. The lowest BCUT2D eigenvalue weighted by molar-refractivity contribution is 0.669. The SMILES string of the molecule is c1ccc(-c2ccc(-c3nc(-c4ccc5c(c4)oc4cc6c(cc45)c4ccccc4n6-c4ccccc4)nc(-n4c5ccccc5c5ccccc54)n3)cc2)cc1. The van der Waals surface area contributed by atoms with Gasteiger partial charge in [0.2, 0.25) is 5.95 Å². The lowest BCUT2D eigenvalue weighted by atomic mass is 10.0. The lowest BCUT2D eigenvalue weighted by Crippen LogP contribution is -2.06. The van der Waals surface area contributed by atoms with Crippen molar-refractivity contribution in [2.75, 3.05) is 0 Å². The third kappa shape index (κ3) is 4.94. The van der Waals surface area contributed by atoms with Crippen LogP contribution in [-0.4, -0.2) is 24.1 Å². The Morgan fingerprint density at radius 1 is 0.316 bits per heavy atom. The first-order chi connectivity index (χ1) is 28.2. The quantitative estimate of drug-likeness (QED) is 0.177. The molecule has 6 nitrogen and oxygen atoms in total. The summed E-state index contributed by atoms with van der Waals surface area (Å²) in [4.78, 5) is 15.5. The topological polar surface area (TPSA) is 61.7 Å². The van der Waals surface area contributed by atoms with Crippen molar-refractivity contribution in [1.82, 2.24) is 24.1 Å². The maximum atomic E-state index is 6.71. The minimum absolute atomic E-state index is 0.556. The highest BCUT2D eigenvalue weighted by atomic mass is 16.3. The van der Waals surface area contributed by atoms with Crippen molar-refractivity contribution < 1.29 is 4.42 Å². The molecule has 4 heterocycles. The van der Waals surface area contributed by atoms with Gasteiger partial charge in [0.1, 0.15) is 11.2 Å². The Labute approximate surface area is 326 Å². The van der Waals surface area contributed by atoms with E-state index in [1.165, 1.54) is 10.8 Å². The summed E-state index contributed by atoms with van der Waals surface area (Å²) < 4.78 is 11.2. The Bertz CT molecular complexity index is 3450. The number of hydrogen-bond donors (Lipinski definition) is 0. The number of nitrogens with zero attached hydrogens (tertiary/aromatic N) is 5. The van der Waals surface area contributed by atoms with Crippen LogP contribution in [0.25, 0.3) is 111 Å². The molecule has 0 unspecified atom stereocenters. The van der Waals surface area contributed by atoms with E-state index in [4.69, 9.17) is 19.4 Å². The highest BCUT2D eigenvalue weighted by Crippen LogP contribution is 2.40. The maximum Gasteiger partial charge on any atom is 0.238 e. The molecule has 0 saturated heterocycles. The fraction of sp³-hybridized carbons (Fsp3) is 0. The number of fused-ring (bicyclic) bond motifs is 9. The Morgan fingerprint density at radius 2 is 0.825 bits per heavy atom. The molecule has 0 spiro atoms. The Kier molecular flexibility index (Phi) is 6.83. The van der Waals surface area contributed by atoms with Gasteiger partial charge >= 0.3 is 0 Å². The zero-order valence-electron chi connectivity index (χ0n) is 30.5. The molecule has 0 fully saturated rings. The van der Waals surface area contributed by atoms with Gasteiger partial charge in [-0.05, 0) is 59.7 Å². The van der Waals surface area contributed by atoms with E-state index in [2.05, 4.69) is 191 Å². The summed E-state index contributed by atoms with van der Waals surface area (Å²) in [7, 11) is 0. The van der Waals surface area contributed by atoms with Crippen LogP contribution in [0.3, 0.4) is 0 Å². The molecule has 4 aromatic heterocycles. The molecule has 0 aliphatic carbocycles. The van der Waals surface area contributed by atoms with E-state index in [1.54, 1.807) is 0 Å². The van der Waals surface area contributed by atoms with Gasteiger partial charge in [-0.25, -0.2) is 4.98 Å². The zero-order valence-corrected chi connectivity index (χ0v) is 30.5. The molecule has 0 aliphatic rings. The average Bonchev–Trinajstić information content (AvgIpc) is 3.93. The van der Waals surface area contributed by atoms with Gasteiger partial charge in [0, 0.05) is 55.2 Å². The predicted molar refractivity (Wildman–Crippen MR) is 232 cm³/mol. The third-order valence-electron chi connectivity index (χ3n) is 11.2. The Hall–Kier alpha value is -7.83. The maximum absolute atomic E-state index is 6.71. The second-order valence-corrected chi connectivity index (χ2v) is 14.5. The number of rotatable bonds is 5. The van der Waals surface area contributed by atoms with Crippen molar-refractivity contribution in [3.63, 3.8) is 0 Å². The van der Waals surface area contributed by atoms with Crippen LogP contribution >= 0.6 is 0 Å². The number of furan rings is 1. The van der Waals surface area contributed by atoms with Crippen molar-refractivity contribution in [2.24, 2.45) is 0 Å². The fourth-order valence-corrected chi connectivity index (χ4v) is 8.54. The van der Waals surface area contributed by atoms with Crippen molar-refractivity contribution in [3.05, 3.63) is 188 Å². The lowest BCUT2D eigenvalue weighted by Gasteiger charge is -2.11. The van der Waals surface area contributed by atoms with E-state index in [0.717, 1.165) is 82.7 Å². The molecule has 8 aromatic carbocycles. The monoisotopic (exact) mass is 729 g/mol. The summed E-state index contributed by atoms with van der Waals surface area (Å²) in [5.41, 5.74) is 11.1. The van der Waals surface area contributed by atoms with Crippen LogP contribution in [0.5, 0.6) is 0 Å². The third-order valence-corrected chi connectivity index (χ3v) is 11.2. The van der Waals surface area contributed by atoms with E-state index in [0.29, 0.717) is 17.6 Å². The molecule has 0 amide bonds. The van der Waals surface area contributed by atoms with Crippen molar-refractivity contribution in [2.45, 2.75) is 0 Å². The number of para-hydroxylation sites is 4. The largest absolute Gasteiger partial charge is 0.456 e. The second kappa shape index (κ2) is 12.3. The van der Waals surface area contributed by atoms with Gasteiger partial charge in [-0.2, -0.15) is 9.97 Å². The molecule has 0 aliphatic heterocycles. The van der Waals surface area contributed by atoms with E-state index in [-0.39, 0.29) is 0 Å². The molecular formula is C51H31N5O. The minimum atomic E-state index is 0.556. The highest BCUT2D eigenvalue weighted by Gasteiger charge is 2.20. The Morgan fingerprint density at radius 3 is 1.51 bits per heavy atom. The second-order valence-electron chi connectivity index (χ2n) is 14.5. The number of aromatic nitrogens is 5. The molecule has 12 rings (SSSR count). The fourth-order valence-electron chi connectivity index (χ4n) is 8.54. The molecule has 0 N–H and O–H groups in total.